The van der Waals surface area contributed by atoms with Gasteiger partial charge in [-0.15, -0.1) is 0 Å². The van der Waals surface area contributed by atoms with Crippen LogP contribution < -0.4 is 9.47 Å². The first-order valence-electron chi connectivity index (χ1n) is 6.92. The summed E-state index contributed by atoms with van der Waals surface area (Å²) in [6.45, 7) is 0. The second-order valence-corrected chi connectivity index (χ2v) is 5.02. The number of rotatable bonds is 3. The molecule has 5 nitrogen and oxygen atoms in total. The first kappa shape index (κ1) is 14.8. The Balaban J connectivity index is 2.20. The van der Waals surface area contributed by atoms with Crippen LogP contribution >= 0.6 is 0 Å². The number of hydrogen-bond donors (Lipinski definition) is 1. The largest absolute Gasteiger partial charge is 0.506 e. The highest BCUT2D eigenvalue weighted by atomic mass is 16.5. The van der Waals surface area contributed by atoms with Gasteiger partial charge in [-0.05, 0) is 35.9 Å². The van der Waals surface area contributed by atoms with Gasteiger partial charge in [0.1, 0.15) is 17.3 Å². The van der Waals surface area contributed by atoms with Gasteiger partial charge in [0.05, 0.1) is 19.8 Å². The van der Waals surface area contributed by atoms with Crippen LogP contribution in [-0.4, -0.2) is 30.9 Å². The van der Waals surface area contributed by atoms with Gasteiger partial charge in [0, 0.05) is 11.1 Å². The number of Topliss-reactive ketones (excluding diaryl/α,β-unsaturated/α-hetero) is 2. The van der Waals surface area contributed by atoms with E-state index in [1.165, 1.54) is 20.3 Å². The lowest BCUT2D eigenvalue weighted by Crippen LogP contribution is -2.23. The molecule has 0 radical (unpaired) electrons. The minimum atomic E-state index is -0.731. The van der Waals surface area contributed by atoms with Crippen LogP contribution in [0.1, 0.15) is 21.5 Å². The first-order valence-corrected chi connectivity index (χ1v) is 6.92. The van der Waals surface area contributed by atoms with Crippen molar-refractivity contribution in [2.45, 2.75) is 0 Å². The molecule has 0 saturated carbocycles. The predicted molar refractivity (Wildman–Crippen MR) is 84.8 cm³/mol. The second kappa shape index (κ2) is 5.61. The van der Waals surface area contributed by atoms with Crippen LogP contribution in [0.3, 0.4) is 0 Å². The van der Waals surface area contributed by atoms with Crippen molar-refractivity contribution < 1.29 is 24.2 Å². The van der Waals surface area contributed by atoms with Crippen molar-refractivity contribution in [1.82, 2.24) is 0 Å². The molecule has 2 aromatic rings. The zero-order valence-corrected chi connectivity index (χ0v) is 12.6. The third-order valence-electron chi connectivity index (χ3n) is 3.78. The summed E-state index contributed by atoms with van der Waals surface area (Å²) < 4.78 is 10.2. The van der Waals surface area contributed by atoms with Gasteiger partial charge in [-0.3, -0.25) is 9.59 Å². The monoisotopic (exact) mass is 310 g/mol. The van der Waals surface area contributed by atoms with E-state index in [1.807, 2.05) is 0 Å². The van der Waals surface area contributed by atoms with E-state index in [9.17, 15) is 14.7 Å². The fraction of sp³-hybridized carbons (Fsp3) is 0.111. The van der Waals surface area contributed by atoms with Crippen molar-refractivity contribution >= 4 is 22.9 Å². The van der Waals surface area contributed by atoms with E-state index in [2.05, 4.69) is 0 Å². The number of carbonyl (C=O) groups excluding carboxylic acids is 2. The molecule has 0 aromatic heterocycles. The van der Waals surface area contributed by atoms with Crippen molar-refractivity contribution in [3.8, 4) is 11.5 Å². The summed E-state index contributed by atoms with van der Waals surface area (Å²) in [7, 11) is 3.02. The van der Waals surface area contributed by atoms with Gasteiger partial charge in [0.25, 0.3) is 0 Å². The third kappa shape index (κ3) is 2.36. The Morgan fingerprint density at radius 3 is 2.00 bits per heavy atom. The number of fused-ring (bicyclic) bond motifs is 1. The first-order chi connectivity index (χ1) is 11.1. The van der Waals surface area contributed by atoms with Crippen molar-refractivity contribution in [2.75, 3.05) is 14.2 Å². The molecule has 2 aromatic carbocycles. The summed E-state index contributed by atoms with van der Waals surface area (Å²) in [6, 6.07) is 11.2. The maximum atomic E-state index is 12.4. The van der Waals surface area contributed by atoms with Gasteiger partial charge in [0.15, 0.2) is 0 Å². The van der Waals surface area contributed by atoms with Gasteiger partial charge < -0.3 is 14.6 Å². The minimum absolute atomic E-state index is 0.0154. The molecule has 0 heterocycles. The Kier molecular flexibility index (Phi) is 3.62. The molecule has 0 aliphatic heterocycles. The van der Waals surface area contributed by atoms with Crippen LogP contribution in [0.4, 0.5) is 0 Å². The van der Waals surface area contributed by atoms with Gasteiger partial charge in [0.2, 0.25) is 11.6 Å². The van der Waals surface area contributed by atoms with E-state index < -0.39 is 11.6 Å². The molecule has 1 aliphatic carbocycles. The number of allylic oxidation sites excluding steroid dienone is 1. The fourth-order valence-corrected chi connectivity index (χ4v) is 2.55. The molecule has 3 rings (SSSR count). The summed E-state index contributed by atoms with van der Waals surface area (Å²) in [5.41, 5.74) is 0.902. The molecule has 0 bridgehead atoms. The molecule has 1 N–H and O–H groups in total. The molecule has 0 saturated heterocycles. The fourth-order valence-electron chi connectivity index (χ4n) is 2.55. The van der Waals surface area contributed by atoms with E-state index >= 15 is 0 Å². The Labute approximate surface area is 132 Å². The highest BCUT2D eigenvalue weighted by Gasteiger charge is 2.33. The second-order valence-electron chi connectivity index (χ2n) is 5.02. The van der Waals surface area contributed by atoms with Gasteiger partial charge in [-0.25, -0.2) is 0 Å². The number of methoxy groups -OCH3 is 2. The molecular weight excluding hydrogens is 296 g/mol. The Hall–Kier alpha value is -3.08. The number of aliphatic hydroxyl groups excluding tert-OH is 1. The quantitative estimate of drug-likeness (QED) is 0.883. The van der Waals surface area contributed by atoms with Crippen LogP contribution in [0.15, 0.2) is 42.5 Å². The summed E-state index contributed by atoms with van der Waals surface area (Å²) >= 11 is 0. The highest BCUT2D eigenvalue weighted by Crippen LogP contribution is 2.35. The molecule has 0 spiro atoms. The summed E-state index contributed by atoms with van der Waals surface area (Å²) in [4.78, 5) is 24.7. The van der Waals surface area contributed by atoms with Gasteiger partial charge >= 0.3 is 0 Å². The average Bonchev–Trinajstić information content (AvgIpc) is 2.60. The summed E-state index contributed by atoms with van der Waals surface area (Å²) in [5, 5.41) is 10.5. The average molecular weight is 310 g/mol. The molecule has 23 heavy (non-hydrogen) atoms. The summed E-state index contributed by atoms with van der Waals surface area (Å²) in [5.74, 6) is -0.498. The molecule has 0 atom stereocenters. The topological polar surface area (TPSA) is 72.8 Å². The predicted octanol–water partition coefficient (Wildman–Crippen LogP) is 2.90. The molecule has 5 heteroatoms. The number of ether oxygens (including phenoxy) is 2. The number of benzene rings is 2. The van der Waals surface area contributed by atoms with Crippen LogP contribution in [0.2, 0.25) is 0 Å². The molecular formula is C18H14O5. The van der Waals surface area contributed by atoms with Crippen molar-refractivity contribution in [3.05, 3.63) is 59.2 Å². The molecule has 0 unspecified atom stereocenters. The summed E-state index contributed by atoms with van der Waals surface area (Å²) in [6.07, 6.45) is 0. The van der Waals surface area contributed by atoms with E-state index in [4.69, 9.17) is 9.47 Å². The minimum Gasteiger partial charge on any atom is -0.506 e. The Morgan fingerprint density at radius 2 is 1.39 bits per heavy atom. The lowest BCUT2D eigenvalue weighted by Gasteiger charge is -2.18. The van der Waals surface area contributed by atoms with Crippen LogP contribution in [-0.2, 0) is 4.79 Å². The van der Waals surface area contributed by atoms with E-state index in [0.29, 0.717) is 22.6 Å². The van der Waals surface area contributed by atoms with E-state index in [0.717, 1.165) is 0 Å². The van der Waals surface area contributed by atoms with Crippen molar-refractivity contribution in [3.63, 3.8) is 0 Å². The van der Waals surface area contributed by atoms with Gasteiger partial charge in [-0.1, -0.05) is 12.1 Å². The number of carbonyl (C=O) groups is 2. The third-order valence-corrected chi connectivity index (χ3v) is 3.78. The van der Waals surface area contributed by atoms with Gasteiger partial charge in [-0.2, -0.15) is 0 Å². The maximum absolute atomic E-state index is 12.4. The standard InChI is InChI=1S/C18H14O5/c1-22-11-5-3-10(4-6-11)15-16(19)14-9-12(23-2)7-8-13(14)17(20)18(15)21/h3-9,19H,1-2H3. The van der Waals surface area contributed by atoms with E-state index in [1.54, 1.807) is 36.4 Å². The molecule has 0 amide bonds. The van der Waals surface area contributed by atoms with Crippen LogP contribution in [0.25, 0.3) is 11.3 Å². The lowest BCUT2D eigenvalue weighted by molar-refractivity contribution is -0.110. The zero-order valence-electron chi connectivity index (χ0n) is 12.6. The van der Waals surface area contributed by atoms with E-state index in [-0.39, 0.29) is 16.9 Å². The van der Waals surface area contributed by atoms with Crippen molar-refractivity contribution in [2.24, 2.45) is 0 Å². The SMILES string of the molecule is COc1ccc(C2=C(O)c3cc(OC)ccc3C(=O)C2=O)cc1. The van der Waals surface area contributed by atoms with Crippen LogP contribution in [0, 0.1) is 0 Å². The molecule has 116 valence electrons. The normalized spacial score (nSPS) is 13.8. The Bertz CT molecular complexity index is 831. The zero-order chi connectivity index (χ0) is 16.6. The highest BCUT2D eigenvalue weighted by molar-refractivity contribution is 6.62. The van der Waals surface area contributed by atoms with Crippen molar-refractivity contribution in [1.29, 1.82) is 0 Å². The molecule has 0 fully saturated rings. The lowest BCUT2D eigenvalue weighted by atomic mass is 9.85. The Morgan fingerprint density at radius 1 is 0.783 bits per heavy atom. The maximum Gasteiger partial charge on any atom is 0.237 e. The smallest absolute Gasteiger partial charge is 0.237 e. The number of ketones is 2. The number of aliphatic hydroxyl groups is 1. The molecule has 1 aliphatic rings. The van der Waals surface area contributed by atoms with Crippen LogP contribution in [0.5, 0.6) is 11.5 Å². The number of hydrogen-bond acceptors (Lipinski definition) is 5.